The Hall–Kier alpha value is -1.30. The van der Waals surface area contributed by atoms with Gasteiger partial charge in [0.15, 0.2) is 0 Å². The minimum absolute atomic E-state index is 0.114. The van der Waals surface area contributed by atoms with Gasteiger partial charge in [0.05, 0.1) is 13.0 Å². The molecule has 0 aromatic rings. The first kappa shape index (κ1) is 14.8. The summed E-state index contributed by atoms with van der Waals surface area (Å²) < 4.78 is 4.67. The van der Waals surface area contributed by atoms with Crippen LogP contribution in [0.5, 0.6) is 0 Å². The van der Waals surface area contributed by atoms with E-state index in [4.69, 9.17) is 11.6 Å². The van der Waals surface area contributed by atoms with Gasteiger partial charge in [0, 0.05) is 5.92 Å². The lowest BCUT2D eigenvalue weighted by Gasteiger charge is -2.25. The molecule has 1 rings (SSSR count). The van der Waals surface area contributed by atoms with Crippen LogP contribution in [0.2, 0.25) is 0 Å². The van der Waals surface area contributed by atoms with Crippen LogP contribution in [0.1, 0.15) is 25.7 Å². The molecule has 6 nitrogen and oxygen atoms in total. The summed E-state index contributed by atoms with van der Waals surface area (Å²) in [4.78, 5) is 33.8. The Labute approximate surface area is 110 Å². The molecule has 0 bridgehead atoms. The molecule has 1 saturated carbocycles. The van der Waals surface area contributed by atoms with Gasteiger partial charge in [0.25, 0.3) is 5.91 Å². The minimum Gasteiger partial charge on any atom is -0.469 e. The molecule has 0 aromatic carbocycles. The van der Waals surface area contributed by atoms with Gasteiger partial charge >= 0.3 is 5.97 Å². The van der Waals surface area contributed by atoms with Crippen LogP contribution in [-0.4, -0.2) is 30.8 Å². The lowest BCUT2D eigenvalue weighted by Crippen LogP contribution is -2.46. The van der Waals surface area contributed by atoms with Crippen LogP contribution in [0.25, 0.3) is 0 Å². The molecule has 1 aliphatic rings. The highest BCUT2D eigenvalue weighted by atomic mass is 35.5. The fraction of sp³-hybridized carbons (Fsp3) is 0.727. The third-order valence-corrected chi connectivity index (χ3v) is 3.32. The average molecular weight is 277 g/mol. The van der Waals surface area contributed by atoms with E-state index < -0.39 is 5.91 Å². The van der Waals surface area contributed by atoms with E-state index >= 15 is 0 Å². The van der Waals surface area contributed by atoms with Crippen molar-refractivity contribution < 1.29 is 19.1 Å². The van der Waals surface area contributed by atoms with E-state index in [1.165, 1.54) is 7.11 Å². The Morgan fingerprint density at radius 3 is 2.17 bits per heavy atom. The number of ether oxygens (including phenoxy) is 1. The van der Waals surface area contributed by atoms with Crippen LogP contribution in [0, 0.1) is 11.8 Å². The minimum atomic E-state index is -0.451. The molecule has 0 unspecified atom stereocenters. The summed E-state index contributed by atoms with van der Waals surface area (Å²) in [5.74, 6) is -1.40. The van der Waals surface area contributed by atoms with Gasteiger partial charge in [-0.2, -0.15) is 0 Å². The average Bonchev–Trinajstić information content (AvgIpc) is 2.43. The molecule has 7 heteroatoms. The number of esters is 1. The lowest BCUT2D eigenvalue weighted by atomic mass is 9.82. The van der Waals surface area contributed by atoms with Crippen LogP contribution >= 0.6 is 11.6 Å². The zero-order valence-corrected chi connectivity index (χ0v) is 11.0. The molecule has 0 radical (unpaired) electrons. The third kappa shape index (κ3) is 4.18. The summed E-state index contributed by atoms with van der Waals surface area (Å²) in [6.45, 7) is 0. The van der Waals surface area contributed by atoms with E-state index in [1.807, 2.05) is 0 Å². The maximum Gasteiger partial charge on any atom is 0.308 e. The van der Waals surface area contributed by atoms with Crippen LogP contribution in [0.3, 0.4) is 0 Å². The maximum absolute atomic E-state index is 11.7. The molecule has 0 aliphatic heterocycles. The Bertz CT molecular complexity index is 327. The van der Waals surface area contributed by atoms with Crippen molar-refractivity contribution in [1.29, 1.82) is 0 Å². The maximum atomic E-state index is 11.7. The fourth-order valence-corrected chi connectivity index (χ4v) is 2.09. The predicted molar refractivity (Wildman–Crippen MR) is 64.5 cm³/mol. The van der Waals surface area contributed by atoms with Gasteiger partial charge in [-0.05, 0) is 25.7 Å². The number of hydrogen-bond acceptors (Lipinski definition) is 4. The smallest absolute Gasteiger partial charge is 0.308 e. The number of carbonyl (C=O) groups is 3. The van der Waals surface area contributed by atoms with Crippen molar-refractivity contribution in [1.82, 2.24) is 10.9 Å². The highest BCUT2D eigenvalue weighted by molar-refractivity contribution is 6.27. The molecule has 0 aromatic heterocycles. The fourth-order valence-electron chi connectivity index (χ4n) is 2.02. The van der Waals surface area contributed by atoms with Crippen LogP contribution in [0.4, 0.5) is 0 Å². The topological polar surface area (TPSA) is 84.5 Å². The normalized spacial score (nSPS) is 23.0. The molecule has 1 aliphatic carbocycles. The van der Waals surface area contributed by atoms with Crippen LogP contribution < -0.4 is 10.9 Å². The van der Waals surface area contributed by atoms with Gasteiger partial charge in [0.1, 0.15) is 5.88 Å². The van der Waals surface area contributed by atoms with Crippen molar-refractivity contribution in [3.8, 4) is 0 Å². The van der Waals surface area contributed by atoms with Gasteiger partial charge in [-0.3, -0.25) is 25.2 Å². The molecule has 18 heavy (non-hydrogen) atoms. The van der Waals surface area contributed by atoms with Crippen molar-refractivity contribution in [2.24, 2.45) is 11.8 Å². The van der Waals surface area contributed by atoms with Gasteiger partial charge in [0.2, 0.25) is 5.91 Å². The summed E-state index contributed by atoms with van der Waals surface area (Å²) >= 11 is 5.28. The quantitative estimate of drug-likeness (QED) is 0.443. The van der Waals surface area contributed by atoms with Gasteiger partial charge in [-0.25, -0.2) is 0 Å². The second-order valence-corrected chi connectivity index (χ2v) is 4.51. The highest BCUT2D eigenvalue weighted by Gasteiger charge is 2.30. The molecule has 2 N–H and O–H groups in total. The van der Waals surface area contributed by atoms with E-state index in [9.17, 15) is 14.4 Å². The Morgan fingerprint density at radius 1 is 1.11 bits per heavy atom. The summed E-state index contributed by atoms with van der Waals surface area (Å²) in [5, 5.41) is 0. The summed E-state index contributed by atoms with van der Waals surface area (Å²) in [7, 11) is 1.36. The first-order valence-electron chi connectivity index (χ1n) is 5.81. The largest absolute Gasteiger partial charge is 0.469 e. The highest BCUT2D eigenvalue weighted by Crippen LogP contribution is 2.29. The van der Waals surface area contributed by atoms with Crippen molar-refractivity contribution in [2.45, 2.75) is 25.7 Å². The molecule has 0 heterocycles. The summed E-state index contributed by atoms with van der Waals surface area (Å²) in [6, 6.07) is 0. The van der Waals surface area contributed by atoms with Gasteiger partial charge in [-0.15, -0.1) is 11.6 Å². The zero-order valence-electron chi connectivity index (χ0n) is 10.2. The molecule has 0 saturated heterocycles. The first-order chi connectivity index (χ1) is 8.58. The van der Waals surface area contributed by atoms with Crippen molar-refractivity contribution in [3.05, 3.63) is 0 Å². The predicted octanol–water partition coefficient (Wildman–Crippen LogP) is 0.352. The standard InChI is InChI=1S/C11H17ClN2O4/c1-18-11(17)8-4-2-7(3-5-8)10(16)14-13-9(15)6-12/h7-8H,2-6H2,1H3,(H,13,15)(H,14,16). The zero-order chi connectivity index (χ0) is 13.5. The molecule has 2 amide bonds. The van der Waals surface area contributed by atoms with E-state index in [0.29, 0.717) is 25.7 Å². The second-order valence-electron chi connectivity index (χ2n) is 4.24. The Kier molecular flexibility index (Phi) is 5.91. The van der Waals surface area contributed by atoms with E-state index in [2.05, 4.69) is 15.6 Å². The number of amides is 2. The number of carbonyl (C=O) groups excluding carboxylic acids is 3. The monoisotopic (exact) mass is 276 g/mol. The number of rotatable bonds is 3. The molecule has 102 valence electrons. The molecular formula is C11H17ClN2O4. The number of halogens is 1. The molecule has 0 atom stereocenters. The van der Waals surface area contributed by atoms with Gasteiger partial charge in [-0.1, -0.05) is 0 Å². The van der Waals surface area contributed by atoms with Crippen LogP contribution in [0.15, 0.2) is 0 Å². The van der Waals surface area contributed by atoms with Crippen molar-refractivity contribution >= 4 is 29.4 Å². The molecule has 1 fully saturated rings. The molecule has 0 spiro atoms. The van der Waals surface area contributed by atoms with Crippen molar-refractivity contribution in [2.75, 3.05) is 13.0 Å². The number of nitrogens with one attached hydrogen (secondary N) is 2. The SMILES string of the molecule is COC(=O)C1CCC(C(=O)NNC(=O)CCl)CC1. The Balaban J connectivity index is 2.31. The summed E-state index contributed by atoms with van der Waals surface area (Å²) in [6.07, 6.45) is 2.49. The third-order valence-electron chi connectivity index (χ3n) is 3.08. The Morgan fingerprint density at radius 2 is 1.67 bits per heavy atom. The van der Waals surface area contributed by atoms with Gasteiger partial charge < -0.3 is 4.74 Å². The van der Waals surface area contributed by atoms with Crippen molar-refractivity contribution in [3.63, 3.8) is 0 Å². The van der Waals surface area contributed by atoms with E-state index in [1.54, 1.807) is 0 Å². The number of methoxy groups -OCH3 is 1. The molecular weight excluding hydrogens is 260 g/mol. The van der Waals surface area contributed by atoms with Crippen LogP contribution in [-0.2, 0) is 19.1 Å². The lowest BCUT2D eigenvalue weighted by molar-refractivity contribution is -0.147. The van der Waals surface area contributed by atoms with E-state index in [0.717, 1.165) is 0 Å². The second kappa shape index (κ2) is 7.20. The first-order valence-corrected chi connectivity index (χ1v) is 6.34. The number of alkyl halides is 1. The summed E-state index contributed by atoms with van der Waals surface area (Å²) in [5.41, 5.74) is 4.53. The van der Waals surface area contributed by atoms with E-state index in [-0.39, 0.29) is 29.6 Å². The number of hydrogen-bond donors (Lipinski definition) is 2. The number of hydrazine groups is 1.